The van der Waals surface area contributed by atoms with Crippen LogP contribution >= 0.6 is 20.8 Å². The molecule has 5 aromatic carbocycles. The summed E-state index contributed by atoms with van der Waals surface area (Å²) in [5.74, 6) is 0.647. The molecule has 36 heavy (non-hydrogen) atoms. The first kappa shape index (κ1) is 22.9. The third-order valence-corrected chi connectivity index (χ3v) is 16.4. The van der Waals surface area contributed by atoms with Crippen LogP contribution in [0.15, 0.2) is 144 Å². The number of aromatic nitrogens is 1. The van der Waals surface area contributed by atoms with Crippen molar-refractivity contribution in [2.45, 2.75) is 6.16 Å². The van der Waals surface area contributed by atoms with Gasteiger partial charge in [-0.05, 0) is 0 Å². The molecule has 0 fully saturated rings. The first-order valence-corrected chi connectivity index (χ1v) is 16.4. The zero-order valence-corrected chi connectivity index (χ0v) is 22.1. The summed E-state index contributed by atoms with van der Waals surface area (Å²) in [6, 6.07) is 49.2. The van der Waals surface area contributed by atoms with Crippen molar-refractivity contribution < 1.29 is 4.42 Å². The molecule has 0 saturated carbocycles. The van der Waals surface area contributed by atoms with Gasteiger partial charge in [0.05, 0.1) is 0 Å². The van der Waals surface area contributed by atoms with Crippen LogP contribution in [0.1, 0.15) is 5.56 Å². The molecule has 0 amide bonds. The Kier molecular flexibility index (Phi) is 5.84. The Bertz CT molecular complexity index is 1480. The van der Waals surface area contributed by atoms with E-state index in [0.717, 1.165) is 22.8 Å². The first-order chi connectivity index (χ1) is 17.6. The number of halogens is 1. The minimum atomic E-state index is -3.03. The summed E-state index contributed by atoms with van der Waals surface area (Å²) in [7, 11) is 0. The molecule has 1 heterocycles. The topological polar surface area (TPSA) is 26.0 Å². The summed E-state index contributed by atoms with van der Waals surface area (Å²) in [6.07, 6.45) is 0.845. The SMILES string of the molecule is BrP(Cc1ccc(-c2nc3ccccc3o2)cc1)(c1ccccc1)(c1ccccc1)c1ccccc1. The van der Waals surface area contributed by atoms with Gasteiger partial charge in [-0.15, -0.1) is 0 Å². The molecular formula is C32H25BrNOP. The van der Waals surface area contributed by atoms with E-state index in [0.29, 0.717) is 5.89 Å². The number of oxazole rings is 1. The second-order valence-corrected chi connectivity index (χ2v) is 18.0. The van der Waals surface area contributed by atoms with Crippen molar-refractivity contribution in [2.75, 3.05) is 0 Å². The van der Waals surface area contributed by atoms with E-state index in [2.05, 4.69) is 136 Å². The van der Waals surface area contributed by atoms with E-state index >= 15 is 0 Å². The van der Waals surface area contributed by atoms with Crippen LogP contribution in [-0.4, -0.2) is 4.98 Å². The molecule has 4 heteroatoms. The molecular weight excluding hydrogens is 525 g/mol. The first-order valence-electron chi connectivity index (χ1n) is 12.0. The monoisotopic (exact) mass is 549 g/mol. The quantitative estimate of drug-likeness (QED) is 0.198. The van der Waals surface area contributed by atoms with E-state index in [9.17, 15) is 0 Å². The van der Waals surface area contributed by atoms with Crippen molar-refractivity contribution in [3.8, 4) is 11.5 Å². The van der Waals surface area contributed by atoms with Crippen LogP contribution in [0.4, 0.5) is 0 Å². The number of para-hydroxylation sites is 2. The van der Waals surface area contributed by atoms with Crippen LogP contribution in [0.3, 0.4) is 0 Å². The Labute approximate surface area is 219 Å². The third kappa shape index (κ3) is 3.80. The summed E-state index contributed by atoms with van der Waals surface area (Å²) in [5.41, 5.74) is 3.91. The van der Waals surface area contributed by atoms with Crippen LogP contribution in [0.25, 0.3) is 22.6 Å². The van der Waals surface area contributed by atoms with Crippen molar-refractivity contribution in [1.82, 2.24) is 4.98 Å². The summed E-state index contributed by atoms with van der Waals surface area (Å²) in [6.45, 7) is 0. The summed E-state index contributed by atoms with van der Waals surface area (Å²) >= 11 is 4.54. The zero-order valence-electron chi connectivity index (χ0n) is 19.7. The number of hydrogen-bond acceptors (Lipinski definition) is 2. The molecule has 0 spiro atoms. The second-order valence-electron chi connectivity index (χ2n) is 9.03. The molecule has 0 aliphatic rings. The van der Waals surface area contributed by atoms with Crippen LogP contribution < -0.4 is 15.9 Å². The molecule has 0 radical (unpaired) electrons. The number of rotatable bonds is 6. The molecule has 0 N–H and O–H groups in total. The molecule has 0 aliphatic heterocycles. The van der Waals surface area contributed by atoms with Gasteiger partial charge < -0.3 is 0 Å². The number of benzene rings is 5. The van der Waals surface area contributed by atoms with Crippen molar-refractivity contribution >= 4 is 47.8 Å². The predicted octanol–water partition coefficient (Wildman–Crippen LogP) is 7.83. The average molecular weight is 550 g/mol. The van der Waals surface area contributed by atoms with E-state index in [4.69, 9.17) is 4.42 Å². The van der Waals surface area contributed by atoms with Crippen molar-refractivity contribution in [3.05, 3.63) is 145 Å². The molecule has 0 aliphatic carbocycles. The fourth-order valence-electron chi connectivity index (χ4n) is 5.03. The normalized spacial score (nSPS) is 12.8. The molecule has 6 rings (SSSR count). The van der Waals surface area contributed by atoms with Gasteiger partial charge in [-0.1, -0.05) is 0 Å². The van der Waals surface area contributed by atoms with Gasteiger partial charge in [-0.25, -0.2) is 0 Å². The molecule has 1 aromatic heterocycles. The second kappa shape index (κ2) is 9.17. The van der Waals surface area contributed by atoms with E-state index in [-0.39, 0.29) is 0 Å². The van der Waals surface area contributed by atoms with E-state index in [1.165, 1.54) is 21.5 Å². The van der Waals surface area contributed by atoms with Crippen LogP contribution in [0.2, 0.25) is 0 Å². The zero-order chi connectivity index (χ0) is 24.5. The minimum absolute atomic E-state index is 0.647. The molecule has 0 saturated heterocycles. The average Bonchev–Trinajstić information content (AvgIpc) is 3.39. The molecule has 0 atom stereocenters. The van der Waals surface area contributed by atoms with Crippen molar-refractivity contribution in [2.24, 2.45) is 0 Å². The summed E-state index contributed by atoms with van der Waals surface area (Å²) in [4.78, 5) is 4.68. The number of hydrogen-bond donors (Lipinski definition) is 0. The molecule has 2 nitrogen and oxygen atoms in total. The van der Waals surface area contributed by atoms with E-state index in [1.807, 2.05) is 24.3 Å². The summed E-state index contributed by atoms with van der Waals surface area (Å²) in [5, 5.41) is 0.893. The van der Waals surface area contributed by atoms with Gasteiger partial charge in [0.25, 0.3) is 0 Å². The van der Waals surface area contributed by atoms with Crippen LogP contribution in [-0.2, 0) is 6.16 Å². The van der Waals surface area contributed by atoms with Crippen LogP contribution in [0.5, 0.6) is 0 Å². The number of fused-ring (bicyclic) bond motifs is 1. The van der Waals surface area contributed by atoms with Gasteiger partial charge >= 0.3 is 220 Å². The van der Waals surface area contributed by atoms with Crippen molar-refractivity contribution in [3.63, 3.8) is 0 Å². The van der Waals surface area contributed by atoms with Gasteiger partial charge in [0, 0.05) is 0 Å². The Morgan fingerprint density at radius 3 is 1.53 bits per heavy atom. The predicted molar refractivity (Wildman–Crippen MR) is 157 cm³/mol. The Morgan fingerprint density at radius 2 is 1.03 bits per heavy atom. The standard InChI is InChI=1S/C32H25BrNOP/c33-36(27-12-4-1-5-13-27,28-14-6-2-7-15-28,29-16-8-3-9-17-29)24-25-20-22-26(23-21-25)32-34-30-18-10-11-19-31(30)35-32/h1-23H,24H2. The van der Waals surface area contributed by atoms with Gasteiger partial charge in [0.1, 0.15) is 0 Å². The Morgan fingerprint density at radius 1 is 0.556 bits per heavy atom. The molecule has 176 valence electrons. The van der Waals surface area contributed by atoms with Gasteiger partial charge in [-0.2, -0.15) is 0 Å². The fraction of sp³-hybridized carbons (Fsp3) is 0.0312. The number of nitrogens with zero attached hydrogens (tertiary/aromatic N) is 1. The maximum absolute atomic E-state index is 6.01. The Hall–Kier alpha value is -3.52. The van der Waals surface area contributed by atoms with Crippen molar-refractivity contribution in [1.29, 1.82) is 0 Å². The van der Waals surface area contributed by atoms with E-state index < -0.39 is 5.31 Å². The fourth-order valence-corrected chi connectivity index (χ4v) is 12.7. The van der Waals surface area contributed by atoms with E-state index in [1.54, 1.807) is 0 Å². The Balaban J connectivity index is 1.50. The molecule has 0 bridgehead atoms. The van der Waals surface area contributed by atoms with Gasteiger partial charge in [0.2, 0.25) is 0 Å². The summed E-state index contributed by atoms with van der Waals surface area (Å²) < 4.78 is 6.01. The maximum atomic E-state index is 6.01. The van der Waals surface area contributed by atoms with Crippen LogP contribution in [0, 0.1) is 0 Å². The third-order valence-electron chi connectivity index (χ3n) is 6.86. The van der Waals surface area contributed by atoms with Gasteiger partial charge in [0.15, 0.2) is 0 Å². The molecule has 0 unspecified atom stereocenters. The van der Waals surface area contributed by atoms with Gasteiger partial charge in [-0.3, -0.25) is 0 Å². The molecule has 6 aromatic rings.